The SMILES string of the molecule is CCc1ccc2nc(SCC(=O)Nc3cccc(C)c3)c(C#N)cc2c1. The third-order valence-corrected chi connectivity index (χ3v) is 5.01. The normalized spacial score (nSPS) is 10.5. The third kappa shape index (κ3) is 4.22. The van der Waals surface area contributed by atoms with Gasteiger partial charge in [0.2, 0.25) is 5.91 Å². The van der Waals surface area contributed by atoms with E-state index >= 15 is 0 Å². The van der Waals surface area contributed by atoms with Crippen LogP contribution in [-0.2, 0) is 11.2 Å². The first-order chi connectivity index (χ1) is 12.6. The minimum absolute atomic E-state index is 0.118. The maximum absolute atomic E-state index is 12.2. The van der Waals surface area contributed by atoms with Gasteiger partial charge in [0.1, 0.15) is 11.1 Å². The molecule has 26 heavy (non-hydrogen) atoms. The lowest BCUT2D eigenvalue weighted by atomic mass is 10.1. The lowest BCUT2D eigenvalue weighted by Gasteiger charge is -2.08. The van der Waals surface area contributed by atoms with Crippen LogP contribution >= 0.6 is 11.8 Å². The number of amides is 1. The summed E-state index contributed by atoms with van der Waals surface area (Å²) >= 11 is 1.28. The van der Waals surface area contributed by atoms with Crippen molar-refractivity contribution in [2.24, 2.45) is 0 Å². The number of anilines is 1. The maximum Gasteiger partial charge on any atom is 0.234 e. The molecule has 1 amide bonds. The van der Waals surface area contributed by atoms with Crippen LogP contribution in [0.1, 0.15) is 23.6 Å². The molecule has 1 N–H and O–H groups in total. The van der Waals surface area contributed by atoms with Crippen molar-refractivity contribution < 1.29 is 4.79 Å². The fourth-order valence-corrected chi connectivity index (χ4v) is 3.44. The fourth-order valence-electron chi connectivity index (χ4n) is 2.67. The number of aryl methyl sites for hydroxylation is 2. The molecule has 0 bridgehead atoms. The third-order valence-electron chi connectivity index (χ3n) is 4.01. The Balaban J connectivity index is 1.75. The predicted octanol–water partition coefficient (Wildman–Crippen LogP) is 4.71. The summed E-state index contributed by atoms with van der Waals surface area (Å²) in [7, 11) is 0. The number of nitrogens with zero attached hydrogens (tertiary/aromatic N) is 2. The molecule has 0 aliphatic carbocycles. The Morgan fingerprint density at radius 1 is 1.23 bits per heavy atom. The lowest BCUT2D eigenvalue weighted by Crippen LogP contribution is -2.14. The number of fused-ring (bicyclic) bond motifs is 1. The molecule has 0 radical (unpaired) electrons. The van der Waals surface area contributed by atoms with E-state index in [4.69, 9.17) is 0 Å². The zero-order valence-electron chi connectivity index (χ0n) is 14.7. The van der Waals surface area contributed by atoms with E-state index in [1.54, 1.807) is 0 Å². The van der Waals surface area contributed by atoms with Crippen molar-refractivity contribution in [3.63, 3.8) is 0 Å². The minimum atomic E-state index is -0.118. The summed E-state index contributed by atoms with van der Waals surface area (Å²) in [4.78, 5) is 16.8. The number of nitrogens with one attached hydrogen (secondary N) is 1. The molecular formula is C21H19N3OS. The number of carbonyl (C=O) groups excluding carboxylic acids is 1. The van der Waals surface area contributed by atoms with Gasteiger partial charge in [-0.2, -0.15) is 5.26 Å². The molecule has 1 heterocycles. The number of hydrogen-bond acceptors (Lipinski definition) is 4. The van der Waals surface area contributed by atoms with Crippen LogP contribution in [0.25, 0.3) is 10.9 Å². The molecule has 5 heteroatoms. The average molecular weight is 361 g/mol. The number of thioether (sulfide) groups is 1. The molecule has 4 nitrogen and oxygen atoms in total. The highest BCUT2D eigenvalue weighted by molar-refractivity contribution is 8.00. The number of aromatic nitrogens is 1. The van der Waals surface area contributed by atoms with Gasteiger partial charge in [-0.1, -0.05) is 36.9 Å². The first kappa shape index (κ1) is 18.0. The van der Waals surface area contributed by atoms with Gasteiger partial charge >= 0.3 is 0 Å². The molecule has 0 aliphatic heterocycles. The first-order valence-corrected chi connectivity index (χ1v) is 9.40. The van der Waals surface area contributed by atoms with Crippen LogP contribution in [0, 0.1) is 18.3 Å². The maximum atomic E-state index is 12.2. The number of hydrogen-bond donors (Lipinski definition) is 1. The molecule has 3 aromatic rings. The second-order valence-electron chi connectivity index (χ2n) is 6.04. The van der Waals surface area contributed by atoms with Crippen LogP contribution in [-0.4, -0.2) is 16.6 Å². The molecule has 0 spiro atoms. The van der Waals surface area contributed by atoms with Gasteiger partial charge in [0.05, 0.1) is 16.8 Å². The molecule has 2 aromatic carbocycles. The molecule has 0 fully saturated rings. The zero-order valence-corrected chi connectivity index (χ0v) is 15.6. The standard InChI is InChI=1S/C21H19N3OS/c1-3-15-7-8-19-16(10-15)11-17(12-22)21(24-19)26-13-20(25)23-18-6-4-5-14(2)9-18/h4-11H,3,13H2,1-2H3,(H,23,25). The Kier molecular flexibility index (Phi) is 5.55. The Hall–Kier alpha value is -2.84. The Labute approximate surface area is 157 Å². The summed E-state index contributed by atoms with van der Waals surface area (Å²) in [6, 6.07) is 17.8. The van der Waals surface area contributed by atoms with Gasteiger partial charge in [0.15, 0.2) is 0 Å². The number of rotatable bonds is 5. The molecule has 0 saturated carbocycles. The summed E-state index contributed by atoms with van der Waals surface area (Å²) in [5.74, 6) is 0.0847. The second kappa shape index (κ2) is 8.03. The number of benzene rings is 2. The van der Waals surface area contributed by atoms with Crippen LogP contribution in [0.4, 0.5) is 5.69 Å². The molecule has 1 aromatic heterocycles. The van der Waals surface area contributed by atoms with E-state index in [0.29, 0.717) is 10.6 Å². The van der Waals surface area contributed by atoms with Crippen molar-refractivity contribution in [1.29, 1.82) is 5.26 Å². The summed E-state index contributed by atoms with van der Waals surface area (Å²) in [5, 5.41) is 13.8. The van der Waals surface area contributed by atoms with Gasteiger partial charge < -0.3 is 5.32 Å². The molecule has 130 valence electrons. The van der Waals surface area contributed by atoms with Gasteiger partial charge in [0.25, 0.3) is 0 Å². The molecule has 0 aliphatic rings. The van der Waals surface area contributed by atoms with Gasteiger partial charge in [-0.3, -0.25) is 4.79 Å². The van der Waals surface area contributed by atoms with Gasteiger partial charge in [-0.15, -0.1) is 0 Å². The van der Waals surface area contributed by atoms with Crippen LogP contribution < -0.4 is 5.32 Å². The molecular weight excluding hydrogens is 342 g/mol. The minimum Gasteiger partial charge on any atom is -0.325 e. The predicted molar refractivity (Wildman–Crippen MR) is 106 cm³/mol. The topological polar surface area (TPSA) is 65.8 Å². The fraction of sp³-hybridized carbons (Fsp3) is 0.190. The second-order valence-corrected chi connectivity index (χ2v) is 7.00. The molecule has 0 saturated heterocycles. The number of carbonyl (C=O) groups is 1. The van der Waals surface area contributed by atoms with Crippen LogP contribution in [0.3, 0.4) is 0 Å². The summed E-state index contributed by atoms with van der Waals surface area (Å²) in [6.07, 6.45) is 0.938. The molecule has 3 rings (SSSR count). The van der Waals surface area contributed by atoms with E-state index in [-0.39, 0.29) is 11.7 Å². The van der Waals surface area contributed by atoms with E-state index in [9.17, 15) is 10.1 Å². The average Bonchev–Trinajstić information content (AvgIpc) is 2.65. The Morgan fingerprint density at radius 2 is 2.08 bits per heavy atom. The van der Waals surface area contributed by atoms with Crippen molar-refractivity contribution in [3.05, 3.63) is 65.2 Å². The summed E-state index contributed by atoms with van der Waals surface area (Å²) < 4.78 is 0. The van der Waals surface area contributed by atoms with Crippen LogP contribution in [0.2, 0.25) is 0 Å². The zero-order chi connectivity index (χ0) is 18.5. The highest BCUT2D eigenvalue weighted by atomic mass is 32.2. The lowest BCUT2D eigenvalue weighted by molar-refractivity contribution is -0.113. The van der Waals surface area contributed by atoms with E-state index in [0.717, 1.165) is 28.6 Å². The monoisotopic (exact) mass is 361 g/mol. The van der Waals surface area contributed by atoms with Crippen molar-refractivity contribution >= 4 is 34.3 Å². The summed E-state index contributed by atoms with van der Waals surface area (Å²) in [5.41, 5.74) is 4.41. The van der Waals surface area contributed by atoms with Crippen molar-refractivity contribution in [1.82, 2.24) is 4.98 Å². The quantitative estimate of drug-likeness (QED) is 0.669. The van der Waals surface area contributed by atoms with Crippen molar-refractivity contribution in [2.45, 2.75) is 25.3 Å². The van der Waals surface area contributed by atoms with Crippen molar-refractivity contribution in [3.8, 4) is 6.07 Å². The van der Waals surface area contributed by atoms with Crippen LogP contribution in [0.5, 0.6) is 0 Å². The Morgan fingerprint density at radius 3 is 2.81 bits per heavy atom. The van der Waals surface area contributed by atoms with E-state index in [1.165, 1.54) is 17.3 Å². The van der Waals surface area contributed by atoms with Gasteiger partial charge in [-0.25, -0.2) is 4.98 Å². The van der Waals surface area contributed by atoms with E-state index < -0.39 is 0 Å². The molecule has 0 unspecified atom stereocenters. The Bertz CT molecular complexity index is 1010. The highest BCUT2D eigenvalue weighted by Gasteiger charge is 2.11. The first-order valence-electron chi connectivity index (χ1n) is 8.42. The van der Waals surface area contributed by atoms with Crippen molar-refractivity contribution in [2.75, 3.05) is 11.1 Å². The van der Waals surface area contributed by atoms with E-state index in [2.05, 4.69) is 29.4 Å². The van der Waals surface area contributed by atoms with Gasteiger partial charge in [-0.05, 0) is 54.8 Å². The van der Waals surface area contributed by atoms with Crippen LogP contribution in [0.15, 0.2) is 53.6 Å². The number of nitriles is 1. The summed E-state index contributed by atoms with van der Waals surface area (Å²) in [6.45, 7) is 4.07. The van der Waals surface area contributed by atoms with E-state index in [1.807, 2.05) is 49.4 Å². The number of pyridine rings is 1. The molecule has 0 atom stereocenters. The largest absolute Gasteiger partial charge is 0.325 e. The highest BCUT2D eigenvalue weighted by Crippen LogP contribution is 2.25. The van der Waals surface area contributed by atoms with Gasteiger partial charge in [0, 0.05) is 11.1 Å². The smallest absolute Gasteiger partial charge is 0.234 e.